The van der Waals surface area contributed by atoms with E-state index in [0.29, 0.717) is 45.5 Å². The molecule has 8 heteroatoms. The third kappa shape index (κ3) is 4.75. The van der Waals surface area contributed by atoms with Crippen LogP contribution < -0.4 is 5.32 Å². The van der Waals surface area contributed by atoms with Crippen molar-refractivity contribution < 1.29 is 14.3 Å². The lowest BCUT2D eigenvalue weighted by atomic mass is 9.97. The summed E-state index contributed by atoms with van der Waals surface area (Å²) in [7, 11) is 0. The molecule has 1 aromatic carbocycles. The minimum atomic E-state index is -0.144. The molecule has 3 aromatic rings. The van der Waals surface area contributed by atoms with Gasteiger partial charge in [0.1, 0.15) is 17.0 Å². The minimum absolute atomic E-state index is 0.0925. The van der Waals surface area contributed by atoms with Gasteiger partial charge in [0.2, 0.25) is 5.91 Å². The highest BCUT2D eigenvalue weighted by molar-refractivity contribution is 7.19. The molecule has 4 rings (SSSR count). The Morgan fingerprint density at radius 1 is 1.19 bits per heavy atom. The van der Waals surface area contributed by atoms with Gasteiger partial charge in [0, 0.05) is 36.5 Å². The van der Waals surface area contributed by atoms with Gasteiger partial charge in [0.05, 0.1) is 17.9 Å². The number of nitrogens with zero attached hydrogens (tertiary/aromatic N) is 3. The molecule has 1 saturated heterocycles. The third-order valence-electron chi connectivity index (χ3n) is 5.83. The van der Waals surface area contributed by atoms with Gasteiger partial charge in [0.15, 0.2) is 0 Å². The summed E-state index contributed by atoms with van der Waals surface area (Å²) in [4.78, 5) is 37.5. The maximum atomic E-state index is 12.7. The van der Waals surface area contributed by atoms with Crippen LogP contribution in [0.25, 0.3) is 21.3 Å². The van der Waals surface area contributed by atoms with Crippen molar-refractivity contribution in [2.75, 3.05) is 31.6 Å². The Balaban J connectivity index is 1.39. The van der Waals surface area contributed by atoms with Crippen LogP contribution in [0.1, 0.15) is 31.1 Å². The molecule has 1 aliphatic rings. The zero-order valence-electron chi connectivity index (χ0n) is 18.5. The second-order valence-electron chi connectivity index (χ2n) is 7.89. The number of ether oxygens (including phenoxy) is 1. The van der Waals surface area contributed by atoms with Crippen LogP contribution in [0.5, 0.6) is 0 Å². The highest BCUT2D eigenvalue weighted by Gasteiger charge is 2.28. The van der Waals surface area contributed by atoms with E-state index in [1.54, 1.807) is 17.7 Å². The molecule has 1 aliphatic heterocycles. The van der Waals surface area contributed by atoms with Gasteiger partial charge >= 0.3 is 5.97 Å². The van der Waals surface area contributed by atoms with Crippen LogP contribution in [0, 0.1) is 12.8 Å². The average Bonchev–Trinajstić information content (AvgIpc) is 3.16. The molecule has 0 spiro atoms. The van der Waals surface area contributed by atoms with Gasteiger partial charge in [-0.25, -0.2) is 9.97 Å². The number of carbonyl (C=O) groups is 2. The van der Waals surface area contributed by atoms with E-state index in [4.69, 9.17) is 4.74 Å². The lowest BCUT2D eigenvalue weighted by molar-refractivity contribution is -0.151. The Kier molecular flexibility index (Phi) is 6.99. The first-order valence-corrected chi connectivity index (χ1v) is 11.9. The molecule has 168 valence electrons. The maximum Gasteiger partial charge on any atom is 0.309 e. The zero-order valence-corrected chi connectivity index (χ0v) is 19.3. The van der Waals surface area contributed by atoms with Gasteiger partial charge in [-0.1, -0.05) is 30.3 Å². The maximum absolute atomic E-state index is 12.7. The second-order valence-corrected chi connectivity index (χ2v) is 9.09. The van der Waals surface area contributed by atoms with Crippen LogP contribution in [0.15, 0.2) is 36.7 Å². The van der Waals surface area contributed by atoms with Crippen LogP contribution in [-0.4, -0.2) is 53.0 Å². The van der Waals surface area contributed by atoms with E-state index in [0.717, 1.165) is 27.2 Å². The van der Waals surface area contributed by atoms with Crippen LogP contribution >= 0.6 is 11.3 Å². The van der Waals surface area contributed by atoms with Crippen LogP contribution in [0.3, 0.4) is 0 Å². The molecule has 0 saturated carbocycles. The Morgan fingerprint density at radius 3 is 2.66 bits per heavy atom. The number of likely N-dealkylation sites (tertiary alicyclic amines) is 1. The highest BCUT2D eigenvalue weighted by atomic mass is 32.1. The summed E-state index contributed by atoms with van der Waals surface area (Å²) < 4.78 is 5.11. The molecular formula is C24H28N4O3S. The monoisotopic (exact) mass is 452 g/mol. The lowest BCUT2D eigenvalue weighted by Gasteiger charge is -2.31. The molecule has 0 radical (unpaired) electrons. The SMILES string of the molecule is CCOC(=O)C1CCN(C(=O)CCNc2ncnc3sc(C)c(-c4ccccc4)c23)CC1. The van der Waals surface area contributed by atoms with Crippen molar-refractivity contribution in [2.45, 2.75) is 33.1 Å². The number of esters is 1. The topological polar surface area (TPSA) is 84.4 Å². The first-order chi connectivity index (χ1) is 15.6. The van der Waals surface area contributed by atoms with Gasteiger partial charge in [-0.2, -0.15) is 0 Å². The summed E-state index contributed by atoms with van der Waals surface area (Å²) in [6.07, 6.45) is 3.27. The normalized spacial score (nSPS) is 14.5. The number of nitrogens with one attached hydrogen (secondary N) is 1. The molecule has 0 bridgehead atoms. The smallest absolute Gasteiger partial charge is 0.309 e. The summed E-state index contributed by atoms with van der Waals surface area (Å²) >= 11 is 1.65. The van der Waals surface area contributed by atoms with E-state index in [2.05, 4.69) is 34.3 Å². The van der Waals surface area contributed by atoms with Gasteiger partial charge in [-0.05, 0) is 32.3 Å². The average molecular weight is 453 g/mol. The number of rotatable bonds is 7. The largest absolute Gasteiger partial charge is 0.466 e. The fourth-order valence-corrected chi connectivity index (χ4v) is 5.21. The molecular weight excluding hydrogens is 424 g/mol. The number of anilines is 1. The predicted octanol–water partition coefficient (Wildman–Crippen LogP) is 4.27. The number of hydrogen-bond acceptors (Lipinski definition) is 7. The van der Waals surface area contributed by atoms with E-state index in [-0.39, 0.29) is 17.8 Å². The van der Waals surface area contributed by atoms with Gasteiger partial charge in [0.25, 0.3) is 0 Å². The summed E-state index contributed by atoms with van der Waals surface area (Å²) in [5.41, 5.74) is 2.27. The van der Waals surface area contributed by atoms with Crippen molar-refractivity contribution in [1.82, 2.24) is 14.9 Å². The molecule has 0 aliphatic carbocycles. The van der Waals surface area contributed by atoms with Gasteiger partial charge in [-0.15, -0.1) is 11.3 Å². The van der Waals surface area contributed by atoms with Crippen molar-refractivity contribution in [1.29, 1.82) is 0 Å². The highest BCUT2D eigenvalue weighted by Crippen LogP contribution is 2.40. The molecule has 2 aromatic heterocycles. The molecule has 1 N–H and O–H groups in total. The number of thiophene rings is 1. The Labute approximate surface area is 191 Å². The number of aryl methyl sites for hydroxylation is 1. The first kappa shape index (κ1) is 22.2. The van der Waals surface area contributed by atoms with Gasteiger partial charge < -0.3 is 15.0 Å². The fraction of sp³-hybridized carbons (Fsp3) is 0.417. The molecule has 32 heavy (non-hydrogen) atoms. The van der Waals surface area contributed by atoms with Crippen molar-refractivity contribution in [3.63, 3.8) is 0 Å². The lowest BCUT2D eigenvalue weighted by Crippen LogP contribution is -2.41. The number of aromatic nitrogens is 2. The Hall–Kier alpha value is -3.00. The van der Waals surface area contributed by atoms with E-state index >= 15 is 0 Å². The quantitative estimate of drug-likeness (QED) is 0.539. The van der Waals surface area contributed by atoms with Crippen molar-refractivity contribution in [3.8, 4) is 11.1 Å². The van der Waals surface area contributed by atoms with Crippen LogP contribution in [0.4, 0.5) is 5.82 Å². The van der Waals surface area contributed by atoms with Crippen LogP contribution in [-0.2, 0) is 14.3 Å². The fourth-order valence-electron chi connectivity index (χ4n) is 4.20. The van der Waals surface area contributed by atoms with E-state index in [1.165, 1.54) is 4.88 Å². The van der Waals surface area contributed by atoms with E-state index in [9.17, 15) is 9.59 Å². The first-order valence-electron chi connectivity index (χ1n) is 11.1. The molecule has 1 fully saturated rings. The summed E-state index contributed by atoms with van der Waals surface area (Å²) in [5.74, 6) is 0.612. The molecule has 1 amide bonds. The molecule has 3 heterocycles. The Morgan fingerprint density at radius 2 is 1.94 bits per heavy atom. The minimum Gasteiger partial charge on any atom is -0.466 e. The summed E-state index contributed by atoms with van der Waals surface area (Å²) in [6.45, 7) is 6.00. The zero-order chi connectivity index (χ0) is 22.5. The number of amides is 1. The number of benzene rings is 1. The Bertz CT molecular complexity index is 1090. The summed E-state index contributed by atoms with van der Waals surface area (Å²) in [5, 5.41) is 4.36. The number of fused-ring (bicyclic) bond motifs is 1. The summed E-state index contributed by atoms with van der Waals surface area (Å²) in [6, 6.07) is 10.2. The predicted molar refractivity (Wildman–Crippen MR) is 127 cm³/mol. The number of piperidine rings is 1. The standard InChI is InChI=1S/C24H28N4O3S/c1-3-31-24(30)18-10-13-28(14-11-18)19(29)9-12-25-22-21-20(17-7-5-4-6-8-17)16(2)32-23(21)27-15-26-22/h4-8,15,18H,3,9-14H2,1-2H3,(H,25,26,27). The van der Waals surface area contributed by atoms with E-state index in [1.807, 2.05) is 30.0 Å². The van der Waals surface area contributed by atoms with E-state index < -0.39 is 0 Å². The third-order valence-corrected chi connectivity index (χ3v) is 6.84. The molecule has 0 atom stereocenters. The van der Waals surface area contributed by atoms with Gasteiger partial charge in [-0.3, -0.25) is 9.59 Å². The van der Waals surface area contributed by atoms with Crippen molar-refractivity contribution in [3.05, 3.63) is 41.5 Å². The van der Waals surface area contributed by atoms with Crippen molar-refractivity contribution >= 4 is 39.2 Å². The molecule has 0 unspecified atom stereocenters. The molecule has 7 nitrogen and oxygen atoms in total. The van der Waals surface area contributed by atoms with Crippen LogP contribution in [0.2, 0.25) is 0 Å². The number of carbonyl (C=O) groups excluding carboxylic acids is 2. The number of hydrogen-bond donors (Lipinski definition) is 1. The van der Waals surface area contributed by atoms with Crippen molar-refractivity contribution in [2.24, 2.45) is 5.92 Å². The second kappa shape index (κ2) is 10.1.